The first kappa shape index (κ1) is 15.4. The summed E-state index contributed by atoms with van der Waals surface area (Å²) in [5, 5.41) is 3.67. The second-order valence-corrected chi connectivity index (χ2v) is 7.82. The number of piperazine rings is 1. The molecule has 0 aromatic heterocycles. The summed E-state index contributed by atoms with van der Waals surface area (Å²) in [5.41, 5.74) is 1.58. The van der Waals surface area contributed by atoms with Crippen molar-refractivity contribution in [3.8, 4) is 0 Å². The van der Waals surface area contributed by atoms with Gasteiger partial charge in [0.25, 0.3) is 0 Å². The average Bonchev–Trinajstić information content (AvgIpc) is 2.90. The van der Waals surface area contributed by atoms with Gasteiger partial charge in [0, 0.05) is 48.3 Å². The van der Waals surface area contributed by atoms with Crippen LogP contribution in [0.3, 0.4) is 0 Å². The molecule has 2 heterocycles. The molecule has 0 spiro atoms. The number of rotatable bonds is 4. The summed E-state index contributed by atoms with van der Waals surface area (Å²) in [7, 11) is 0. The van der Waals surface area contributed by atoms with Gasteiger partial charge in [-0.3, -0.25) is 4.90 Å². The molecule has 3 heteroatoms. The van der Waals surface area contributed by atoms with Crippen LogP contribution in [0.2, 0.25) is 0 Å². The highest BCUT2D eigenvalue weighted by atomic mass is 32.2. The smallest absolute Gasteiger partial charge is 0.0247 e. The van der Waals surface area contributed by atoms with Gasteiger partial charge in [0.1, 0.15) is 0 Å². The van der Waals surface area contributed by atoms with E-state index in [1.165, 1.54) is 30.2 Å². The Bertz CT molecular complexity index is 476. The molecule has 0 saturated carbocycles. The monoisotopic (exact) mass is 304 g/mol. The summed E-state index contributed by atoms with van der Waals surface area (Å²) in [4.78, 5) is 4.27. The van der Waals surface area contributed by atoms with Crippen molar-refractivity contribution in [3.63, 3.8) is 0 Å². The molecule has 1 saturated heterocycles. The van der Waals surface area contributed by atoms with E-state index >= 15 is 0 Å². The van der Waals surface area contributed by atoms with Gasteiger partial charge in [-0.05, 0) is 24.5 Å². The van der Waals surface area contributed by atoms with Crippen LogP contribution in [0.25, 0.3) is 0 Å². The van der Waals surface area contributed by atoms with Crippen LogP contribution in [-0.4, -0.2) is 42.4 Å². The zero-order chi connectivity index (χ0) is 14.8. The van der Waals surface area contributed by atoms with Crippen molar-refractivity contribution >= 4 is 11.8 Å². The predicted octanol–water partition coefficient (Wildman–Crippen LogP) is 3.58. The maximum absolute atomic E-state index is 3.67. The van der Waals surface area contributed by atoms with Crippen LogP contribution < -0.4 is 5.32 Å². The van der Waals surface area contributed by atoms with Gasteiger partial charge in [0.05, 0.1) is 0 Å². The van der Waals surface area contributed by atoms with E-state index in [1.807, 2.05) is 11.8 Å². The molecule has 0 bridgehead atoms. The maximum Gasteiger partial charge on any atom is 0.0247 e. The maximum atomic E-state index is 3.67. The Kier molecular flexibility index (Phi) is 4.92. The third kappa shape index (κ3) is 3.30. The summed E-state index contributed by atoms with van der Waals surface area (Å²) >= 11 is 2.04. The third-order valence-corrected chi connectivity index (χ3v) is 6.46. The minimum absolute atomic E-state index is 0.620. The van der Waals surface area contributed by atoms with Gasteiger partial charge >= 0.3 is 0 Å². The van der Waals surface area contributed by atoms with E-state index < -0.39 is 0 Å². The van der Waals surface area contributed by atoms with Crippen molar-refractivity contribution in [2.45, 2.75) is 50.1 Å². The van der Waals surface area contributed by atoms with Crippen LogP contribution in [0.4, 0.5) is 0 Å². The highest BCUT2D eigenvalue weighted by Gasteiger charge is 2.33. The molecule has 1 fully saturated rings. The van der Waals surface area contributed by atoms with Crippen molar-refractivity contribution in [2.24, 2.45) is 5.92 Å². The summed E-state index contributed by atoms with van der Waals surface area (Å²) in [6, 6.07) is 10.3. The fraction of sp³-hybridized carbons (Fsp3) is 0.667. The van der Waals surface area contributed by atoms with Gasteiger partial charge in [0.2, 0.25) is 0 Å². The van der Waals surface area contributed by atoms with Gasteiger partial charge in [-0.1, -0.05) is 38.5 Å². The number of fused-ring (bicyclic) bond motifs is 1. The van der Waals surface area contributed by atoms with Crippen molar-refractivity contribution in [1.82, 2.24) is 10.2 Å². The van der Waals surface area contributed by atoms with Crippen molar-refractivity contribution in [2.75, 3.05) is 25.4 Å². The molecular weight excluding hydrogens is 276 g/mol. The van der Waals surface area contributed by atoms with E-state index in [1.54, 1.807) is 5.56 Å². The van der Waals surface area contributed by atoms with Crippen molar-refractivity contribution in [1.29, 1.82) is 0 Å². The predicted molar refractivity (Wildman–Crippen MR) is 92.2 cm³/mol. The first-order valence-corrected chi connectivity index (χ1v) is 9.36. The zero-order valence-electron chi connectivity index (χ0n) is 13.5. The fourth-order valence-electron chi connectivity index (χ4n) is 3.71. The third-order valence-electron chi connectivity index (χ3n) is 5.21. The molecular formula is C18H28N2S. The van der Waals surface area contributed by atoms with E-state index in [4.69, 9.17) is 0 Å². The topological polar surface area (TPSA) is 15.3 Å². The normalized spacial score (nSPS) is 31.1. The minimum atomic E-state index is 0.620. The van der Waals surface area contributed by atoms with E-state index in [2.05, 4.69) is 55.3 Å². The Labute approximate surface area is 133 Å². The lowest BCUT2D eigenvalue weighted by Gasteiger charge is -2.43. The fourth-order valence-corrected chi connectivity index (χ4v) is 4.95. The molecule has 0 amide bonds. The SMILES string of the molecule is CCC(C)C1CNC(C)CN1CC1CSc2ccccc21. The molecule has 3 rings (SSSR count). The van der Waals surface area contributed by atoms with Gasteiger partial charge in [-0.25, -0.2) is 0 Å². The van der Waals surface area contributed by atoms with Crippen LogP contribution >= 0.6 is 11.8 Å². The van der Waals surface area contributed by atoms with Crippen LogP contribution in [0.15, 0.2) is 29.2 Å². The van der Waals surface area contributed by atoms with Crippen LogP contribution in [-0.2, 0) is 0 Å². The van der Waals surface area contributed by atoms with Gasteiger partial charge < -0.3 is 5.32 Å². The highest BCUT2D eigenvalue weighted by Crippen LogP contribution is 2.40. The largest absolute Gasteiger partial charge is 0.311 e. The lowest BCUT2D eigenvalue weighted by atomic mass is 9.92. The van der Waals surface area contributed by atoms with Gasteiger partial charge in [0.15, 0.2) is 0 Å². The number of thioether (sulfide) groups is 1. The van der Waals surface area contributed by atoms with Crippen molar-refractivity contribution < 1.29 is 0 Å². The quantitative estimate of drug-likeness (QED) is 0.915. The molecule has 2 nitrogen and oxygen atoms in total. The molecule has 4 atom stereocenters. The van der Waals surface area contributed by atoms with E-state index in [9.17, 15) is 0 Å². The van der Waals surface area contributed by atoms with Crippen molar-refractivity contribution in [3.05, 3.63) is 29.8 Å². The van der Waals surface area contributed by atoms with E-state index in [0.717, 1.165) is 12.5 Å². The molecule has 4 unspecified atom stereocenters. The number of hydrogen-bond acceptors (Lipinski definition) is 3. The summed E-state index contributed by atoms with van der Waals surface area (Å²) in [6.45, 7) is 10.6. The Balaban J connectivity index is 1.72. The summed E-state index contributed by atoms with van der Waals surface area (Å²) in [6.07, 6.45) is 1.27. The van der Waals surface area contributed by atoms with E-state index in [0.29, 0.717) is 18.0 Å². The standard InChI is InChI=1S/C18H28N2S/c1-4-13(2)17-9-19-14(3)10-20(17)11-15-12-21-18-8-6-5-7-16(15)18/h5-8,13-15,17,19H,4,9-12H2,1-3H3. The Morgan fingerprint density at radius 3 is 3.00 bits per heavy atom. The molecule has 2 aliphatic rings. The molecule has 0 radical (unpaired) electrons. The molecule has 1 N–H and O–H groups in total. The molecule has 116 valence electrons. The summed E-state index contributed by atoms with van der Waals surface area (Å²) < 4.78 is 0. The molecule has 1 aromatic rings. The molecule has 1 aromatic carbocycles. The lowest BCUT2D eigenvalue weighted by molar-refractivity contribution is 0.0911. The molecule has 0 aliphatic carbocycles. The minimum Gasteiger partial charge on any atom is -0.311 e. The number of benzene rings is 1. The van der Waals surface area contributed by atoms with Crippen LogP contribution in [0.1, 0.15) is 38.7 Å². The first-order valence-electron chi connectivity index (χ1n) is 8.38. The zero-order valence-corrected chi connectivity index (χ0v) is 14.3. The van der Waals surface area contributed by atoms with Gasteiger partial charge in [-0.15, -0.1) is 11.8 Å². The van der Waals surface area contributed by atoms with E-state index in [-0.39, 0.29) is 0 Å². The Morgan fingerprint density at radius 2 is 2.19 bits per heavy atom. The lowest BCUT2D eigenvalue weighted by Crippen LogP contribution is -2.58. The number of nitrogens with zero attached hydrogens (tertiary/aromatic N) is 1. The Hall–Kier alpha value is -0.510. The van der Waals surface area contributed by atoms with Crippen LogP contribution in [0, 0.1) is 5.92 Å². The molecule has 2 aliphatic heterocycles. The Morgan fingerprint density at radius 1 is 1.38 bits per heavy atom. The summed E-state index contributed by atoms with van der Waals surface area (Å²) in [5.74, 6) is 2.74. The first-order chi connectivity index (χ1) is 10.2. The number of hydrogen-bond donors (Lipinski definition) is 1. The second-order valence-electron chi connectivity index (χ2n) is 6.76. The van der Waals surface area contributed by atoms with Gasteiger partial charge in [-0.2, -0.15) is 0 Å². The molecule has 21 heavy (non-hydrogen) atoms. The highest BCUT2D eigenvalue weighted by molar-refractivity contribution is 7.99. The van der Waals surface area contributed by atoms with Crippen LogP contribution in [0.5, 0.6) is 0 Å². The second kappa shape index (κ2) is 6.72. The average molecular weight is 305 g/mol. The number of nitrogens with one attached hydrogen (secondary N) is 1.